The van der Waals surface area contributed by atoms with Crippen LogP contribution in [0.3, 0.4) is 0 Å². The molecule has 1 aromatic carbocycles. The van der Waals surface area contributed by atoms with Crippen LogP contribution < -0.4 is 4.74 Å². The number of hydrogen-bond acceptors (Lipinski definition) is 1. The van der Waals surface area contributed by atoms with Gasteiger partial charge in [0.25, 0.3) is 0 Å². The van der Waals surface area contributed by atoms with Crippen molar-refractivity contribution in [3.63, 3.8) is 0 Å². The van der Waals surface area contributed by atoms with E-state index in [9.17, 15) is 0 Å². The first-order chi connectivity index (χ1) is 9.86. The van der Waals surface area contributed by atoms with Crippen molar-refractivity contribution in [2.75, 3.05) is 6.61 Å². The van der Waals surface area contributed by atoms with Gasteiger partial charge in [-0.15, -0.1) is 0 Å². The number of hydrogen-bond donors (Lipinski definition) is 0. The summed E-state index contributed by atoms with van der Waals surface area (Å²) in [7, 11) is 0. The van der Waals surface area contributed by atoms with Gasteiger partial charge in [-0.3, -0.25) is 0 Å². The van der Waals surface area contributed by atoms with Gasteiger partial charge in [0.15, 0.2) is 0 Å². The highest BCUT2D eigenvalue weighted by Gasteiger charge is 2.29. The molecule has 2 rings (SSSR count). The SMILES string of the molecule is CCCCC[C@H]1COc2ccccc2[C@@H]1CCCCC. The molecular formula is C19H30O. The van der Waals surface area contributed by atoms with Gasteiger partial charge in [0.1, 0.15) is 5.75 Å². The van der Waals surface area contributed by atoms with Crippen LogP contribution in [0.15, 0.2) is 24.3 Å². The molecule has 0 N–H and O–H groups in total. The maximum atomic E-state index is 6.00. The summed E-state index contributed by atoms with van der Waals surface area (Å²) in [6, 6.07) is 8.70. The Balaban J connectivity index is 2.04. The lowest BCUT2D eigenvalue weighted by Crippen LogP contribution is -2.26. The summed E-state index contributed by atoms with van der Waals surface area (Å²) in [5, 5.41) is 0. The number of fused-ring (bicyclic) bond motifs is 1. The predicted molar refractivity (Wildman–Crippen MR) is 86.5 cm³/mol. The molecule has 1 aromatic rings. The molecule has 0 unspecified atom stereocenters. The van der Waals surface area contributed by atoms with Crippen LogP contribution in [0.5, 0.6) is 5.75 Å². The highest BCUT2D eigenvalue weighted by atomic mass is 16.5. The number of ether oxygens (including phenoxy) is 1. The summed E-state index contributed by atoms with van der Waals surface area (Å²) in [5.41, 5.74) is 1.47. The second-order valence-electron chi connectivity index (χ2n) is 6.21. The molecular weight excluding hydrogens is 244 g/mol. The third kappa shape index (κ3) is 4.01. The smallest absolute Gasteiger partial charge is 0.122 e. The summed E-state index contributed by atoms with van der Waals surface area (Å²) < 4.78 is 6.00. The predicted octanol–water partition coefficient (Wildman–Crippen LogP) is 5.94. The Hall–Kier alpha value is -0.980. The van der Waals surface area contributed by atoms with E-state index in [0.29, 0.717) is 0 Å². The van der Waals surface area contributed by atoms with E-state index in [4.69, 9.17) is 4.74 Å². The van der Waals surface area contributed by atoms with Crippen molar-refractivity contribution < 1.29 is 4.74 Å². The molecule has 0 saturated heterocycles. The van der Waals surface area contributed by atoms with E-state index >= 15 is 0 Å². The van der Waals surface area contributed by atoms with Crippen LogP contribution in [0.4, 0.5) is 0 Å². The number of rotatable bonds is 8. The second kappa shape index (κ2) is 8.34. The van der Waals surface area contributed by atoms with Crippen molar-refractivity contribution in [2.24, 2.45) is 5.92 Å². The maximum Gasteiger partial charge on any atom is 0.122 e. The van der Waals surface area contributed by atoms with Gasteiger partial charge in [-0.25, -0.2) is 0 Å². The second-order valence-corrected chi connectivity index (χ2v) is 6.21. The first kappa shape index (κ1) is 15.4. The van der Waals surface area contributed by atoms with Gasteiger partial charge >= 0.3 is 0 Å². The average molecular weight is 274 g/mol. The molecule has 0 spiro atoms. The molecule has 0 aromatic heterocycles. The average Bonchev–Trinajstić information content (AvgIpc) is 2.49. The molecule has 0 fully saturated rings. The van der Waals surface area contributed by atoms with Crippen LogP contribution >= 0.6 is 0 Å². The number of para-hydroxylation sites is 1. The van der Waals surface area contributed by atoms with Gasteiger partial charge < -0.3 is 4.74 Å². The zero-order chi connectivity index (χ0) is 14.2. The topological polar surface area (TPSA) is 9.23 Å². The van der Waals surface area contributed by atoms with Gasteiger partial charge in [-0.1, -0.05) is 70.6 Å². The third-order valence-corrected chi connectivity index (χ3v) is 4.64. The van der Waals surface area contributed by atoms with Gasteiger partial charge in [0, 0.05) is 0 Å². The third-order valence-electron chi connectivity index (χ3n) is 4.64. The van der Waals surface area contributed by atoms with Crippen molar-refractivity contribution in [3.8, 4) is 5.75 Å². The van der Waals surface area contributed by atoms with Crippen molar-refractivity contribution in [3.05, 3.63) is 29.8 Å². The summed E-state index contributed by atoms with van der Waals surface area (Å²) in [6.07, 6.45) is 10.7. The molecule has 1 heteroatoms. The summed E-state index contributed by atoms with van der Waals surface area (Å²) >= 11 is 0. The van der Waals surface area contributed by atoms with Crippen LogP contribution in [0, 0.1) is 5.92 Å². The molecule has 0 amide bonds. The standard InChI is InChI=1S/C19H30O/c1-3-5-7-11-16-15-20-19-14-10-9-13-18(19)17(16)12-8-6-4-2/h9-10,13-14,16-17H,3-8,11-12,15H2,1-2H3/t16-,17+/m0/s1. The minimum atomic E-state index is 0.725. The van der Waals surface area contributed by atoms with Crippen LogP contribution in [-0.4, -0.2) is 6.61 Å². The highest BCUT2D eigenvalue weighted by Crippen LogP contribution is 2.42. The van der Waals surface area contributed by atoms with Crippen LogP contribution in [0.1, 0.15) is 76.7 Å². The van der Waals surface area contributed by atoms with Gasteiger partial charge in [-0.2, -0.15) is 0 Å². The molecule has 20 heavy (non-hydrogen) atoms. The Kier molecular flexibility index (Phi) is 6.42. The minimum absolute atomic E-state index is 0.725. The first-order valence-corrected chi connectivity index (χ1v) is 8.58. The van der Waals surface area contributed by atoms with E-state index < -0.39 is 0 Å². The van der Waals surface area contributed by atoms with Crippen LogP contribution in [0.2, 0.25) is 0 Å². The fourth-order valence-electron chi connectivity index (χ4n) is 3.43. The van der Waals surface area contributed by atoms with Crippen molar-refractivity contribution >= 4 is 0 Å². The monoisotopic (exact) mass is 274 g/mol. The lowest BCUT2D eigenvalue weighted by atomic mass is 9.78. The van der Waals surface area contributed by atoms with E-state index in [1.165, 1.54) is 56.9 Å². The largest absolute Gasteiger partial charge is 0.493 e. The van der Waals surface area contributed by atoms with Crippen LogP contribution in [-0.2, 0) is 0 Å². The molecule has 0 bridgehead atoms. The number of unbranched alkanes of at least 4 members (excludes halogenated alkanes) is 4. The van der Waals surface area contributed by atoms with Gasteiger partial charge in [-0.05, 0) is 36.3 Å². The molecule has 2 atom stereocenters. The quantitative estimate of drug-likeness (QED) is 0.533. The Labute approximate surface area is 124 Å². The first-order valence-electron chi connectivity index (χ1n) is 8.58. The van der Waals surface area contributed by atoms with E-state index in [2.05, 4.69) is 38.1 Å². The summed E-state index contributed by atoms with van der Waals surface area (Å²) in [4.78, 5) is 0. The number of benzene rings is 1. The fraction of sp³-hybridized carbons (Fsp3) is 0.684. The van der Waals surface area contributed by atoms with Crippen molar-refractivity contribution in [1.82, 2.24) is 0 Å². The normalized spacial score (nSPS) is 21.3. The zero-order valence-electron chi connectivity index (χ0n) is 13.2. The molecule has 1 aliphatic heterocycles. The zero-order valence-corrected chi connectivity index (χ0v) is 13.2. The van der Waals surface area contributed by atoms with E-state index in [-0.39, 0.29) is 0 Å². The van der Waals surface area contributed by atoms with E-state index in [1.807, 2.05) is 0 Å². The van der Waals surface area contributed by atoms with Crippen molar-refractivity contribution in [1.29, 1.82) is 0 Å². The lowest BCUT2D eigenvalue weighted by Gasteiger charge is -2.34. The molecule has 0 radical (unpaired) electrons. The fourth-order valence-corrected chi connectivity index (χ4v) is 3.43. The highest BCUT2D eigenvalue weighted by molar-refractivity contribution is 5.38. The molecule has 1 aliphatic rings. The van der Waals surface area contributed by atoms with E-state index in [0.717, 1.165) is 24.2 Å². The Morgan fingerprint density at radius 1 is 0.950 bits per heavy atom. The Morgan fingerprint density at radius 2 is 1.65 bits per heavy atom. The van der Waals surface area contributed by atoms with E-state index in [1.54, 1.807) is 0 Å². The Bertz CT molecular complexity index is 385. The summed E-state index contributed by atoms with van der Waals surface area (Å²) in [6.45, 7) is 5.50. The molecule has 112 valence electrons. The molecule has 1 nitrogen and oxygen atoms in total. The minimum Gasteiger partial charge on any atom is -0.493 e. The van der Waals surface area contributed by atoms with Gasteiger partial charge in [0.2, 0.25) is 0 Å². The molecule has 0 aliphatic carbocycles. The summed E-state index contributed by atoms with van der Waals surface area (Å²) in [5.74, 6) is 2.59. The molecule has 0 saturated carbocycles. The van der Waals surface area contributed by atoms with Gasteiger partial charge in [0.05, 0.1) is 6.61 Å². The molecule has 1 heterocycles. The lowest BCUT2D eigenvalue weighted by molar-refractivity contribution is 0.175. The van der Waals surface area contributed by atoms with Crippen LogP contribution in [0.25, 0.3) is 0 Å². The Morgan fingerprint density at radius 3 is 2.40 bits per heavy atom. The maximum absolute atomic E-state index is 6.00. The van der Waals surface area contributed by atoms with Crippen molar-refractivity contribution in [2.45, 2.75) is 71.1 Å².